The van der Waals surface area contributed by atoms with Crippen molar-refractivity contribution in [2.24, 2.45) is 0 Å². The highest BCUT2D eigenvalue weighted by Gasteiger charge is 2.29. The Morgan fingerprint density at radius 2 is 1.73 bits per heavy atom. The van der Waals surface area contributed by atoms with E-state index in [1.165, 1.54) is 23.7 Å². The molecule has 0 atom stereocenters. The lowest BCUT2D eigenvalue weighted by Crippen LogP contribution is -2.17. The number of aromatic nitrogens is 1. The fourth-order valence-corrected chi connectivity index (χ4v) is 3.12. The lowest BCUT2D eigenvalue weighted by molar-refractivity contribution is -0.137. The summed E-state index contributed by atoms with van der Waals surface area (Å²) in [4.78, 5) is 1.95. The van der Waals surface area contributed by atoms with Crippen LogP contribution < -0.4 is 4.90 Å². The van der Waals surface area contributed by atoms with Crippen LogP contribution >= 0.6 is 11.5 Å². The summed E-state index contributed by atoms with van der Waals surface area (Å²) in [5.74, 6) is 0.848. The molecule has 0 spiro atoms. The normalized spacial score (nSPS) is 11.8. The van der Waals surface area contributed by atoms with Crippen LogP contribution in [0.2, 0.25) is 0 Å². The summed E-state index contributed by atoms with van der Waals surface area (Å²) in [6, 6.07) is 13.2. The molecule has 0 aliphatic heterocycles. The Labute approximate surface area is 130 Å². The first-order chi connectivity index (χ1) is 10.4. The van der Waals surface area contributed by atoms with Crippen molar-refractivity contribution in [3.05, 3.63) is 59.7 Å². The topological polar surface area (TPSA) is 16.1 Å². The predicted octanol–water partition coefficient (Wildman–Crippen LogP) is 4.95. The third kappa shape index (κ3) is 2.92. The third-order valence-corrected chi connectivity index (χ3v) is 4.24. The molecular weight excluding hydrogens is 309 g/mol. The predicted molar refractivity (Wildman–Crippen MR) is 83.2 cm³/mol. The first-order valence-corrected chi connectivity index (χ1v) is 7.44. The zero-order chi connectivity index (χ0) is 15.7. The molecule has 0 radical (unpaired) electrons. The molecule has 114 valence electrons. The molecule has 1 heterocycles. The van der Waals surface area contributed by atoms with Gasteiger partial charge in [0.15, 0.2) is 0 Å². The summed E-state index contributed by atoms with van der Waals surface area (Å²) >= 11 is 1.42. The Hall–Kier alpha value is -2.08. The fraction of sp³-hybridized carbons (Fsp3) is 0.188. The van der Waals surface area contributed by atoms with Crippen molar-refractivity contribution in [3.63, 3.8) is 0 Å². The fourth-order valence-electron chi connectivity index (χ4n) is 2.30. The zero-order valence-electron chi connectivity index (χ0n) is 11.8. The second-order valence-corrected chi connectivity index (χ2v) is 5.86. The standard InChI is InChI=1S/C16H13F3N2S/c1-21(15-13-4-2-3-5-14(13)22-20-15)10-11-6-8-12(9-7-11)16(17,18)19/h2-9H,10H2,1H3. The first kappa shape index (κ1) is 14.8. The molecule has 1 aromatic heterocycles. The smallest absolute Gasteiger partial charge is 0.354 e. The van der Waals surface area contributed by atoms with E-state index in [0.29, 0.717) is 6.54 Å². The number of alkyl halides is 3. The van der Waals surface area contributed by atoms with Gasteiger partial charge in [-0.3, -0.25) is 0 Å². The van der Waals surface area contributed by atoms with Crippen LogP contribution in [0.5, 0.6) is 0 Å². The second kappa shape index (κ2) is 5.61. The molecule has 0 N–H and O–H groups in total. The Kier molecular flexibility index (Phi) is 3.78. The zero-order valence-corrected chi connectivity index (χ0v) is 12.6. The van der Waals surface area contributed by atoms with E-state index in [4.69, 9.17) is 0 Å². The summed E-state index contributed by atoms with van der Waals surface area (Å²) in [7, 11) is 1.89. The second-order valence-electron chi connectivity index (χ2n) is 5.05. The van der Waals surface area contributed by atoms with Crippen molar-refractivity contribution in [2.75, 3.05) is 11.9 Å². The van der Waals surface area contributed by atoms with Gasteiger partial charge in [-0.2, -0.15) is 17.5 Å². The molecule has 0 aliphatic carbocycles. The van der Waals surface area contributed by atoms with E-state index in [1.54, 1.807) is 0 Å². The summed E-state index contributed by atoms with van der Waals surface area (Å²) in [6.07, 6.45) is -4.30. The average Bonchev–Trinajstić information content (AvgIpc) is 2.91. The number of rotatable bonds is 3. The highest BCUT2D eigenvalue weighted by molar-refractivity contribution is 7.13. The number of anilines is 1. The Morgan fingerprint density at radius 1 is 1.05 bits per heavy atom. The molecule has 6 heteroatoms. The molecule has 0 saturated carbocycles. The molecule has 22 heavy (non-hydrogen) atoms. The number of hydrogen-bond donors (Lipinski definition) is 0. The Balaban J connectivity index is 1.81. The molecule has 0 bridgehead atoms. The van der Waals surface area contributed by atoms with Gasteiger partial charge in [0.2, 0.25) is 0 Å². The molecule has 3 rings (SSSR count). The van der Waals surface area contributed by atoms with Gasteiger partial charge >= 0.3 is 6.18 Å². The van der Waals surface area contributed by atoms with Crippen LogP contribution in [-0.2, 0) is 12.7 Å². The maximum absolute atomic E-state index is 12.6. The van der Waals surface area contributed by atoms with E-state index in [9.17, 15) is 13.2 Å². The number of hydrogen-bond acceptors (Lipinski definition) is 3. The minimum absolute atomic E-state index is 0.506. The molecule has 0 fully saturated rings. The maximum atomic E-state index is 12.6. The van der Waals surface area contributed by atoms with Gasteiger partial charge in [0.1, 0.15) is 5.82 Å². The molecule has 0 amide bonds. The lowest BCUT2D eigenvalue weighted by Gasteiger charge is -2.17. The quantitative estimate of drug-likeness (QED) is 0.678. The summed E-state index contributed by atoms with van der Waals surface area (Å²) in [5, 5.41) is 1.06. The van der Waals surface area contributed by atoms with E-state index >= 15 is 0 Å². The lowest BCUT2D eigenvalue weighted by atomic mass is 10.1. The van der Waals surface area contributed by atoms with Crippen LogP contribution in [0.15, 0.2) is 48.5 Å². The van der Waals surface area contributed by atoms with Gasteiger partial charge in [-0.15, -0.1) is 0 Å². The summed E-state index contributed by atoms with van der Waals surface area (Å²) in [6.45, 7) is 0.506. The van der Waals surface area contributed by atoms with E-state index in [1.807, 2.05) is 36.2 Å². The van der Waals surface area contributed by atoms with Gasteiger partial charge in [0, 0.05) is 19.0 Å². The minimum Gasteiger partial charge on any atom is -0.354 e. The van der Waals surface area contributed by atoms with Crippen LogP contribution in [0.1, 0.15) is 11.1 Å². The van der Waals surface area contributed by atoms with Crippen LogP contribution in [0.3, 0.4) is 0 Å². The number of benzene rings is 2. The highest BCUT2D eigenvalue weighted by atomic mass is 32.1. The van der Waals surface area contributed by atoms with Crippen LogP contribution in [-0.4, -0.2) is 11.4 Å². The Bertz CT molecular complexity index is 778. The van der Waals surface area contributed by atoms with Crippen molar-refractivity contribution < 1.29 is 13.2 Å². The summed E-state index contributed by atoms with van der Waals surface area (Å²) in [5.41, 5.74) is 0.186. The van der Waals surface area contributed by atoms with Gasteiger partial charge in [-0.25, -0.2) is 0 Å². The van der Waals surface area contributed by atoms with Crippen molar-refractivity contribution >= 4 is 27.4 Å². The molecule has 2 aromatic carbocycles. The van der Waals surface area contributed by atoms with Gasteiger partial charge in [-0.1, -0.05) is 24.3 Å². The van der Waals surface area contributed by atoms with Gasteiger partial charge in [0.25, 0.3) is 0 Å². The van der Waals surface area contributed by atoms with Crippen molar-refractivity contribution in [2.45, 2.75) is 12.7 Å². The van der Waals surface area contributed by atoms with E-state index < -0.39 is 11.7 Å². The van der Waals surface area contributed by atoms with E-state index in [2.05, 4.69) is 4.37 Å². The molecule has 2 nitrogen and oxygen atoms in total. The van der Waals surface area contributed by atoms with Gasteiger partial charge in [0.05, 0.1) is 10.3 Å². The Morgan fingerprint density at radius 3 is 2.41 bits per heavy atom. The SMILES string of the molecule is CN(Cc1ccc(C(F)(F)F)cc1)c1nsc2ccccc12. The van der Waals surface area contributed by atoms with Crippen LogP contribution in [0, 0.1) is 0 Å². The number of halogens is 3. The van der Waals surface area contributed by atoms with E-state index in [0.717, 1.165) is 33.6 Å². The number of fused-ring (bicyclic) bond motifs is 1. The third-order valence-electron chi connectivity index (χ3n) is 3.42. The average molecular weight is 322 g/mol. The van der Waals surface area contributed by atoms with Crippen molar-refractivity contribution in [3.8, 4) is 0 Å². The van der Waals surface area contributed by atoms with Gasteiger partial charge < -0.3 is 4.90 Å². The van der Waals surface area contributed by atoms with Crippen molar-refractivity contribution in [1.29, 1.82) is 0 Å². The maximum Gasteiger partial charge on any atom is 0.416 e. The van der Waals surface area contributed by atoms with Crippen molar-refractivity contribution in [1.82, 2.24) is 4.37 Å². The molecule has 0 unspecified atom stereocenters. The molecular formula is C16H13F3N2S. The van der Waals surface area contributed by atoms with Gasteiger partial charge in [-0.05, 0) is 41.4 Å². The molecule has 0 saturated heterocycles. The minimum atomic E-state index is -4.30. The largest absolute Gasteiger partial charge is 0.416 e. The monoisotopic (exact) mass is 322 g/mol. The van der Waals surface area contributed by atoms with Crippen LogP contribution in [0.25, 0.3) is 10.1 Å². The molecule has 0 aliphatic rings. The summed E-state index contributed by atoms with van der Waals surface area (Å²) < 4.78 is 43.2. The number of nitrogens with zero attached hydrogens (tertiary/aromatic N) is 2. The highest BCUT2D eigenvalue weighted by Crippen LogP contribution is 2.31. The van der Waals surface area contributed by atoms with Crippen LogP contribution in [0.4, 0.5) is 19.0 Å². The first-order valence-electron chi connectivity index (χ1n) is 6.67. The van der Waals surface area contributed by atoms with E-state index in [-0.39, 0.29) is 0 Å². The molecule has 3 aromatic rings.